The number of fused-ring (bicyclic) bond motifs is 1. The highest BCUT2D eigenvalue weighted by atomic mass is 16.5. The second-order valence-electron chi connectivity index (χ2n) is 6.87. The lowest BCUT2D eigenvalue weighted by Gasteiger charge is -2.08. The molecule has 1 amide bonds. The van der Waals surface area contributed by atoms with Gasteiger partial charge < -0.3 is 14.6 Å². The third-order valence-electron chi connectivity index (χ3n) is 4.80. The zero-order valence-corrected chi connectivity index (χ0v) is 16.7. The van der Waals surface area contributed by atoms with Crippen LogP contribution in [0.25, 0.3) is 11.0 Å². The summed E-state index contributed by atoms with van der Waals surface area (Å²) in [7, 11) is 1.84. The van der Waals surface area contributed by atoms with E-state index in [2.05, 4.69) is 20.6 Å². The molecule has 0 atom stereocenters. The SMILES string of the molecule is Cc1noc(C)c1COc1ccc(C(=O)Nc2cnc3c(c2)c(C)nn3C)cc1. The van der Waals surface area contributed by atoms with Crippen LogP contribution < -0.4 is 10.1 Å². The molecular formula is C21H21N5O3. The number of aromatic nitrogens is 4. The van der Waals surface area contributed by atoms with Crippen LogP contribution in [-0.4, -0.2) is 25.8 Å². The predicted octanol–water partition coefficient (Wildman–Crippen LogP) is 3.71. The maximum Gasteiger partial charge on any atom is 0.255 e. The molecule has 4 aromatic rings. The minimum absolute atomic E-state index is 0.218. The van der Waals surface area contributed by atoms with Crippen molar-refractivity contribution in [1.29, 1.82) is 0 Å². The highest BCUT2D eigenvalue weighted by Gasteiger charge is 2.12. The van der Waals surface area contributed by atoms with Gasteiger partial charge >= 0.3 is 0 Å². The van der Waals surface area contributed by atoms with Crippen molar-refractivity contribution >= 4 is 22.6 Å². The summed E-state index contributed by atoms with van der Waals surface area (Å²) in [5, 5.41) is 12.0. The smallest absolute Gasteiger partial charge is 0.255 e. The van der Waals surface area contributed by atoms with Crippen LogP contribution in [0, 0.1) is 20.8 Å². The van der Waals surface area contributed by atoms with E-state index in [4.69, 9.17) is 9.26 Å². The highest BCUT2D eigenvalue weighted by molar-refractivity contribution is 6.05. The zero-order valence-electron chi connectivity index (χ0n) is 16.7. The number of amides is 1. The van der Waals surface area contributed by atoms with Crippen molar-refractivity contribution in [2.45, 2.75) is 27.4 Å². The Morgan fingerprint density at radius 2 is 1.93 bits per heavy atom. The predicted molar refractivity (Wildman–Crippen MR) is 108 cm³/mol. The molecule has 148 valence electrons. The fourth-order valence-corrected chi connectivity index (χ4v) is 3.15. The molecular weight excluding hydrogens is 370 g/mol. The maximum absolute atomic E-state index is 12.6. The van der Waals surface area contributed by atoms with Gasteiger partial charge in [-0.2, -0.15) is 5.10 Å². The highest BCUT2D eigenvalue weighted by Crippen LogP contribution is 2.21. The molecule has 0 unspecified atom stereocenters. The van der Waals surface area contributed by atoms with Gasteiger partial charge in [0.2, 0.25) is 0 Å². The zero-order chi connectivity index (χ0) is 20.5. The lowest BCUT2D eigenvalue weighted by atomic mass is 10.2. The van der Waals surface area contributed by atoms with Crippen molar-refractivity contribution in [3.05, 3.63) is 64.8 Å². The van der Waals surface area contributed by atoms with Gasteiger partial charge in [0.1, 0.15) is 18.1 Å². The molecule has 1 aromatic carbocycles. The number of nitrogens with one attached hydrogen (secondary N) is 1. The minimum Gasteiger partial charge on any atom is -0.489 e. The molecule has 0 aliphatic carbocycles. The van der Waals surface area contributed by atoms with Crippen molar-refractivity contribution in [2.75, 3.05) is 5.32 Å². The third-order valence-corrected chi connectivity index (χ3v) is 4.80. The number of carbonyl (C=O) groups excluding carboxylic acids is 1. The lowest BCUT2D eigenvalue weighted by molar-refractivity contribution is 0.102. The molecule has 0 saturated heterocycles. The molecule has 0 aliphatic heterocycles. The number of nitrogens with zero attached hydrogens (tertiary/aromatic N) is 4. The van der Waals surface area contributed by atoms with Crippen LogP contribution in [0.15, 0.2) is 41.1 Å². The summed E-state index contributed by atoms with van der Waals surface area (Å²) in [6.07, 6.45) is 1.63. The molecule has 3 aromatic heterocycles. The number of pyridine rings is 1. The normalized spacial score (nSPS) is 11.0. The van der Waals surface area contributed by atoms with Crippen LogP contribution in [0.4, 0.5) is 5.69 Å². The quantitative estimate of drug-likeness (QED) is 0.557. The molecule has 1 N–H and O–H groups in total. The van der Waals surface area contributed by atoms with E-state index in [9.17, 15) is 4.79 Å². The summed E-state index contributed by atoms with van der Waals surface area (Å²) >= 11 is 0. The van der Waals surface area contributed by atoms with E-state index in [1.54, 1.807) is 35.1 Å². The maximum atomic E-state index is 12.6. The third kappa shape index (κ3) is 3.69. The number of rotatable bonds is 5. The minimum atomic E-state index is -0.218. The van der Waals surface area contributed by atoms with Crippen LogP contribution >= 0.6 is 0 Å². The van der Waals surface area contributed by atoms with E-state index in [-0.39, 0.29) is 5.91 Å². The topological polar surface area (TPSA) is 95.1 Å². The molecule has 29 heavy (non-hydrogen) atoms. The van der Waals surface area contributed by atoms with Crippen molar-refractivity contribution in [1.82, 2.24) is 19.9 Å². The van der Waals surface area contributed by atoms with E-state index in [1.807, 2.05) is 33.9 Å². The number of aryl methyl sites for hydroxylation is 4. The van der Waals surface area contributed by atoms with E-state index in [1.165, 1.54) is 0 Å². The van der Waals surface area contributed by atoms with Crippen LogP contribution in [0.3, 0.4) is 0 Å². The Labute approximate surface area is 167 Å². The fourth-order valence-electron chi connectivity index (χ4n) is 3.15. The number of benzene rings is 1. The van der Waals surface area contributed by atoms with Gasteiger partial charge in [-0.05, 0) is 51.1 Å². The summed E-state index contributed by atoms with van der Waals surface area (Å²) in [6, 6.07) is 8.85. The first-order chi connectivity index (χ1) is 13.9. The average molecular weight is 391 g/mol. The Bertz CT molecular complexity index is 1170. The van der Waals surface area contributed by atoms with Gasteiger partial charge in [-0.1, -0.05) is 5.16 Å². The number of ether oxygens (including phenoxy) is 1. The summed E-state index contributed by atoms with van der Waals surface area (Å²) < 4.78 is 12.6. The standard InChI is InChI=1S/C21H21N5O3/c1-12-18-9-16(10-22-20(18)26(4)24-12)23-21(27)15-5-7-17(8-6-15)28-11-19-13(2)25-29-14(19)3/h5-10H,11H2,1-4H3,(H,23,27). The average Bonchev–Trinajstić information content (AvgIpc) is 3.18. The monoisotopic (exact) mass is 391 g/mol. The van der Waals surface area contributed by atoms with Gasteiger partial charge in [-0.15, -0.1) is 0 Å². The van der Waals surface area contributed by atoms with Crippen LogP contribution in [-0.2, 0) is 13.7 Å². The first-order valence-electron chi connectivity index (χ1n) is 9.17. The molecule has 0 aliphatic rings. The van der Waals surface area contributed by atoms with Crippen molar-refractivity contribution in [3.63, 3.8) is 0 Å². The largest absolute Gasteiger partial charge is 0.489 e. The van der Waals surface area contributed by atoms with E-state index in [0.29, 0.717) is 23.6 Å². The molecule has 4 rings (SSSR count). The Morgan fingerprint density at radius 1 is 1.17 bits per heavy atom. The first kappa shape index (κ1) is 18.7. The Hall–Kier alpha value is -3.68. The second kappa shape index (κ2) is 7.38. The Balaban J connectivity index is 1.43. The van der Waals surface area contributed by atoms with Gasteiger partial charge in [-0.3, -0.25) is 9.48 Å². The molecule has 0 fully saturated rings. The molecule has 0 spiro atoms. The number of hydrogen-bond donors (Lipinski definition) is 1. The molecule has 8 heteroatoms. The molecule has 0 bridgehead atoms. The van der Waals surface area contributed by atoms with Gasteiger partial charge in [0.25, 0.3) is 5.91 Å². The number of hydrogen-bond acceptors (Lipinski definition) is 6. The van der Waals surface area contributed by atoms with E-state index < -0.39 is 0 Å². The van der Waals surface area contributed by atoms with Crippen molar-refractivity contribution in [2.24, 2.45) is 7.05 Å². The van der Waals surface area contributed by atoms with Gasteiger partial charge in [-0.25, -0.2) is 4.98 Å². The number of anilines is 1. The first-order valence-corrected chi connectivity index (χ1v) is 9.17. The molecule has 0 radical (unpaired) electrons. The summed E-state index contributed by atoms with van der Waals surface area (Å²) in [4.78, 5) is 16.9. The molecule has 3 heterocycles. The Morgan fingerprint density at radius 3 is 2.62 bits per heavy atom. The Kier molecular flexibility index (Phi) is 4.75. The second-order valence-corrected chi connectivity index (χ2v) is 6.87. The molecule has 0 saturated carbocycles. The van der Waals surface area contributed by atoms with Crippen LogP contribution in [0.1, 0.15) is 33.1 Å². The van der Waals surface area contributed by atoms with E-state index >= 15 is 0 Å². The number of carbonyl (C=O) groups is 1. The fraction of sp³-hybridized carbons (Fsp3) is 0.238. The van der Waals surface area contributed by atoms with Gasteiger partial charge in [0.05, 0.1) is 28.8 Å². The van der Waals surface area contributed by atoms with E-state index in [0.717, 1.165) is 33.7 Å². The van der Waals surface area contributed by atoms with Crippen molar-refractivity contribution in [3.8, 4) is 5.75 Å². The van der Waals surface area contributed by atoms with Gasteiger partial charge in [0.15, 0.2) is 5.65 Å². The van der Waals surface area contributed by atoms with Crippen molar-refractivity contribution < 1.29 is 14.1 Å². The van der Waals surface area contributed by atoms with Crippen LogP contribution in [0.2, 0.25) is 0 Å². The molecule has 8 nitrogen and oxygen atoms in total. The van der Waals surface area contributed by atoms with Gasteiger partial charge in [0, 0.05) is 18.0 Å². The summed E-state index contributed by atoms with van der Waals surface area (Å²) in [5.74, 6) is 1.19. The van der Waals surface area contributed by atoms with Crippen LogP contribution in [0.5, 0.6) is 5.75 Å². The summed E-state index contributed by atoms with van der Waals surface area (Å²) in [5.41, 5.74) is 4.54. The summed E-state index contributed by atoms with van der Waals surface area (Å²) in [6.45, 7) is 6.01. The lowest BCUT2D eigenvalue weighted by Crippen LogP contribution is -2.12.